The fraction of sp³-hybridized carbons (Fsp3) is 0.316. The number of benzene rings is 1. The molecule has 0 saturated carbocycles. The molecule has 0 aliphatic rings. The number of anilines is 1. The maximum absolute atomic E-state index is 12.1. The van der Waals surface area contributed by atoms with Crippen molar-refractivity contribution < 1.29 is 9.53 Å². The minimum atomic E-state index is -0.226. The van der Waals surface area contributed by atoms with Crippen molar-refractivity contribution in [3.05, 3.63) is 47.8 Å². The summed E-state index contributed by atoms with van der Waals surface area (Å²) in [7, 11) is 1.85. The fourth-order valence-electron chi connectivity index (χ4n) is 2.67. The van der Waals surface area contributed by atoms with Crippen molar-refractivity contribution in [1.29, 1.82) is 0 Å². The van der Waals surface area contributed by atoms with Crippen LogP contribution in [0.15, 0.2) is 36.5 Å². The standard InChI is InChI=1S/C19H22N4O2/c1-12(2)14-5-7-16(8-6-14)25-11-18(24)21-15-9-17-13(3)22-23(4)19(17)20-10-15/h5-10,12H,11H2,1-4H3,(H,21,24). The summed E-state index contributed by atoms with van der Waals surface area (Å²) in [6, 6.07) is 9.67. The fourth-order valence-corrected chi connectivity index (χ4v) is 2.67. The van der Waals surface area contributed by atoms with Crippen molar-refractivity contribution in [2.45, 2.75) is 26.7 Å². The van der Waals surface area contributed by atoms with Crippen molar-refractivity contribution in [3.8, 4) is 5.75 Å². The predicted octanol–water partition coefficient (Wildman–Crippen LogP) is 3.42. The van der Waals surface area contributed by atoms with E-state index in [1.54, 1.807) is 10.9 Å². The second-order valence-electron chi connectivity index (χ2n) is 6.36. The number of ether oxygens (including phenoxy) is 1. The molecule has 3 aromatic rings. The molecule has 1 aromatic carbocycles. The van der Waals surface area contributed by atoms with Crippen LogP contribution in [0.5, 0.6) is 5.75 Å². The van der Waals surface area contributed by atoms with Gasteiger partial charge in [0.25, 0.3) is 5.91 Å². The van der Waals surface area contributed by atoms with Crippen LogP contribution in [0.25, 0.3) is 11.0 Å². The summed E-state index contributed by atoms with van der Waals surface area (Å²) in [4.78, 5) is 16.4. The van der Waals surface area contributed by atoms with Gasteiger partial charge < -0.3 is 10.1 Å². The largest absolute Gasteiger partial charge is 0.484 e. The number of aryl methyl sites for hydroxylation is 2. The van der Waals surface area contributed by atoms with E-state index in [1.807, 2.05) is 44.3 Å². The van der Waals surface area contributed by atoms with Gasteiger partial charge in [-0.1, -0.05) is 26.0 Å². The lowest BCUT2D eigenvalue weighted by atomic mass is 10.0. The van der Waals surface area contributed by atoms with Crippen LogP contribution in [0.1, 0.15) is 31.0 Å². The van der Waals surface area contributed by atoms with Gasteiger partial charge in [-0.05, 0) is 36.6 Å². The molecule has 6 heteroatoms. The Kier molecular flexibility index (Phi) is 4.70. The third-order valence-corrected chi connectivity index (χ3v) is 4.06. The first-order chi connectivity index (χ1) is 11.9. The SMILES string of the molecule is Cc1nn(C)c2ncc(NC(=O)COc3ccc(C(C)C)cc3)cc12. The summed E-state index contributed by atoms with van der Waals surface area (Å²) in [6.07, 6.45) is 1.62. The highest BCUT2D eigenvalue weighted by atomic mass is 16.5. The summed E-state index contributed by atoms with van der Waals surface area (Å²) in [5.41, 5.74) is 3.54. The zero-order valence-electron chi connectivity index (χ0n) is 14.9. The van der Waals surface area contributed by atoms with Gasteiger partial charge in [0, 0.05) is 12.4 Å². The van der Waals surface area contributed by atoms with Crippen LogP contribution in [-0.4, -0.2) is 27.3 Å². The number of carbonyl (C=O) groups is 1. The smallest absolute Gasteiger partial charge is 0.262 e. The van der Waals surface area contributed by atoms with Crippen LogP contribution >= 0.6 is 0 Å². The summed E-state index contributed by atoms with van der Waals surface area (Å²) < 4.78 is 7.26. The number of fused-ring (bicyclic) bond motifs is 1. The Morgan fingerprint density at radius 3 is 2.68 bits per heavy atom. The first kappa shape index (κ1) is 17.0. The minimum Gasteiger partial charge on any atom is -0.484 e. The number of amides is 1. The maximum atomic E-state index is 12.1. The molecule has 0 aliphatic carbocycles. The van der Waals surface area contributed by atoms with E-state index in [0.29, 0.717) is 17.4 Å². The molecule has 3 rings (SSSR count). The minimum absolute atomic E-state index is 0.0505. The topological polar surface area (TPSA) is 69.0 Å². The van der Waals surface area contributed by atoms with Gasteiger partial charge in [-0.2, -0.15) is 5.10 Å². The lowest BCUT2D eigenvalue weighted by Gasteiger charge is -2.09. The molecule has 0 fully saturated rings. The molecule has 0 spiro atoms. The molecule has 0 aliphatic heterocycles. The molecular formula is C19H22N4O2. The van der Waals surface area contributed by atoms with Gasteiger partial charge in [0.15, 0.2) is 12.3 Å². The van der Waals surface area contributed by atoms with Crippen LogP contribution in [0, 0.1) is 6.92 Å². The van der Waals surface area contributed by atoms with Gasteiger partial charge in [0.05, 0.1) is 17.6 Å². The van der Waals surface area contributed by atoms with Gasteiger partial charge in [0.1, 0.15) is 5.75 Å². The Labute approximate surface area is 146 Å². The Morgan fingerprint density at radius 1 is 1.28 bits per heavy atom. The number of pyridine rings is 1. The highest BCUT2D eigenvalue weighted by Crippen LogP contribution is 2.20. The molecule has 25 heavy (non-hydrogen) atoms. The molecule has 0 unspecified atom stereocenters. The Balaban J connectivity index is 1.61. The second-order valence-corrected chi connectivity index (χ2v) is 6.36. The maximum Gasteiger partial charge on any atom is 0.262 e. The monoisotopic (exact) mass is 338 g/mol. The van der Waals surface area contributed by atoms with Crippen molar-refractivity contribution in [3.63, 3.8) is 0 Å². The predicted molar refractivity (Wildman–Crippen MR) is 97.9 cm³/mol. The lowest BCUT2D eigenvalue weighted by Crippen LogP contribution is -2.20. The van der Waals surface area contributed by atoms with E-state index in [9.17, 15) is 4.79 Å². The number of rotatable bonds is 5. The van der Waals surface area contributed by atoms with Crippen LogP contribution < -0.4 is 10.1 Å². The average molecular weight is 338 g/mol. The van der Waals surface area contributed by atoms with Crippen LogP contribution in [0.3, 0.4) is 0 Å². The third kappa shape index (κ3) is 3.79. The molecule has 0 radical (unpaired) electrons. The molecule has 130 valence electrons. The highest BCUT2D eigenvalue weighted by molar-refractivity contribution is 5.94. The van der Waals surface area contributed by atoms with E-state index in [2.05, 4.69) is 29.2 Å². The van der Waals surface area contributed by atoms with E-state index in [0.717, 1.165) is 16.7 Å². The van der Waals surface area contributed by atoms with Gasteiger partial charge >= 0.3 is 0 Å². The second kappa shape index (κ2) is 6.93. The molecule has 2 aromatic heterocycles. The highest BCUT2D eigenvalue weighted by Gasteiger charge is 2.09. The average Bonchev–Trinajstić information content (AvgIpc) is 2.87. The zero-order chi connectivity index (χ0) is 18.0. The molecule has 0 atom stereocenters. The molecule has 6 nitrogen and oxygen atoms in total. The molecule has 0 saturated heterocycles. The first-order valence-corrected chi connectivity index (χ1v) is 8.26. The van der Waals surface area contributed by atoms with E-state index in [1.165, 1.54) is 5.56 Å². The van der Waals surface area contributed by atoms with Crippen molar-refractivity contribution in [1.82, 2.24) is 14.8 Å². The summed E-state index contributed by atoms with van der Waals surface area (Å²) in [6.45, 7) is 6.14. The summed E-state index contributed by atoms with van der Waals surface area (Å²) >= 11 is 0. The molecule has 2 heterocycles. The Hall–Kier alpha value is -2.89. The van der Waals surface area contributed by atoms with Crippen LogP contribution in [-0.2, 0) is 11.8 Å². The van der Waals surface area contributed by atoms with Crippen molar-refractivity contribution in [2.75, 3.05) is 11.9 Å². The molecule has 0 bridgehead atoms. The molecular weight excluding hydrogens is 316 g/mol. The van der Waals surface area contributed by atoms with Crippen LogP contribution in [0.2, 0.25) is 0 Å². The number of nitrogens with one attached hydrogen (secondary N) is 1. The summed E-state index contributed by atoms with van der Waals surface area (Å²) in [5, 5.41) is 8.05. The zero-order valence-corrected chi connectivity index (χ0v) is 14.9. The quantitative estimate of drug-likeness (QED) is 0.774. The van der Waals surface area contributed by atoms with E-state index >= 15 is 0 Å². The summed E-state index contributed by atoms with van der Waals surface area (Å²) in [5.74, 6) is 0.919. The van der Waals surface area contributed by atoms with E-state index in [-0.39, 0.29) is 12.5 Å². The number of carbonyl (C=O) groups excluding carboxylic acids is 1. The number of nitrogens with zero attached hydrogens (tertiary/aromatic N) is 3. The lowest BCUT2D eigenvalue weighted by molar-refractivity contribution is -0.118. The molecule has 1 amide bonds. The number of hydrogen-bond donors (Lipinski definition) is 1. The normalized spacial score (nSPS) is 11.1. The number of aromatic nitrogens is 3. The van der Waals surface area contributed by atoms with Crippen LogP contribution in [0.4, 0.5) is 5.69 Å². The van der Waals surface area contributed by atoms with Crippen molar-refractivity contribution >= 4 is 22.6 Å². The molecule has 1 N–H and O–H groups in total. The van der Waals surface area contributed by atoms with Gasteiger partial charge in [-0.25, -0.2) is 4.98 Å². The van der Waals surface area contributed by atoms with Gasteiger partial charge in [0.2, 0.25) is 0 Å². The van der Waals surface area contributed by atoms with E-state index in [4.69, 9.17) is 4.74 Å². The Bertz CT molecular complexity index is 898. The number of hydrogen-bond acceptors (Lipinski definition) is 4. The van der Waals surface area contributed by atoms with Gasteiger partial charge in [-0.15, -0.1) is 0 Å². The third-order valence-electron chi connectivity index (χ3n) is 4.06. The van der Waals surface area contributed by atoms with E-state index < -0.39 is 0 Å². The Morgan fingerprint density at radius 2 is 2.00 bits per heavy atom. The van der Waals surface area contributed by atoms with Crippen molar-refractivity contribution in [2.24, 2.45) is 7.05 Å². The van der Waals surface area contributed by atoms with Gasteiger partial charge in [-0.3, -0.25) is 9.48 Å². The first-order valence-electron chi connectivity index (χ1n) is 8.26.